The van der Waals surface area contributed by atoms with Crippen molar-refractivity contribution in [2.24, 2.45) is 0 Å². The summed E-state index contributed by atoms with van der Waals surface area (Å²) in [5, 5.41) is 10.8. The second kappa shape index (κ2) is 5.77. The van der Waals surface area contributed by atoms with Crippen molar-refractivity contribution < 1.29 is 19.3 Å². The van der Waals surface area contributed by atoms with Crippen LogP contribution < -0.4 is 4.57 Å². The lowest BCUT2D eigenvalue weighted by atomic mass is 10.1. The SMILES string of the molecule is O=C(O)c1ccc2cc[n+](CC(=O)c3ccccc3)cc2c1. The molecule has 108 valence electrons. The van der Waals surface area contributed by atoms with Gasteiger partial charge in [0.25, 0.3) is 0 Å². The summed E-state index contributed by atoms with van der Waals surface area (Å²) in [6, 6.07) is 15.9. The molecular weight excluding hydrogens is 278 g/mol. The second-order valence-corrected chi connectivity index (χ2v) is 5.06. The van der Waals surface area contributed by atoms with Crippen LogP contribution in [0.25, 0.3) is 10.8 Å². The summed E-state index contributed by atoms with van der Waals surface area (Å²) in [5.74, 6) is -0.947. The normalized spacial score (nSPS) is 10.5. The summed E-state index contributed by atoms with van der Waals surface area (Å²) < 4.78 is 1.77. The van der Waals surface area contributed by atoms with Gasteiger partial charge in [-0.05, 0) is 17.5 Å². The van der Waals surface area contributed by atoms with Gasteiger partial charge in [-0.25, -0.2) is 4.79 Å². The van der Waals surface area contributed by atoms with Gasteiger partial charge in [0.15, 0.2) is 12.4 Å². The molecular formula is C18H14NO3+. The average molecular weight is 292 g/mol. The van der Waals surface area contributed by atoms with Crippen LogP contribution >= 0.6 is 0 Å². The molecule has 4 heteroatoms. The van der Waals surface area contributed by atoms with Crippen molar-refractivity contribution >= 4 is 22.5 Å². The maximum atomic E-state index is 12.2. The molecule has 0 spiro atoms. The first-order valence-corrected chi connectivity index (χ1v) is 6.88. The molecule has 0 radical (unpaired) electrons. The number of fused-ring (bicyclic) bond motifs is 1. The highest BCUT2D eigenvalue weighted by Crippen LogP contribution is 2.14. The summed E-state index contributed by atoms with van der Waals surface area (Å²) in [6.45, 7) is 0.219. The topological polar surface area (TPSA) is 58.2 Å². The van der Waals surface area contributed by atoms with Gasteiger partial charge < -0.3 is 5.11 Å². The van der Waals surface area contributed by atoms with Crippen LogP contribution in [-0.4, -0.2) is 16.9 Å². The Kier molecular flexibility index (Phi) is 3.66. The number of pyridine rings is 1. The van der Waals surface area contributed by atoms with Crippen LogP contribution in [0.4, 0.5) is 0 Å². The van der Waals surface area contributed by atoms with E-state index in [1.165, 1.54) is 0 Å². The number of ketones is 1. The molecule has 0 bridgehead atoms. The van der Waals surface area contributed by atoms with Crippen LogP contribution in [-0.2, 0) is 6.54 Å². The van der Waals surface area contributed by atoms with Gasteiger partial charge in [-0.15, -0.1) is 0 Å². The maximum Gasteiger partial charge on any atom is 0.335 e. The largest absolute Gasteiger partial charge is 0.478 e. The Morgan fingerprint density at radius 2 is 1.68 bits per heavy atom. The van der Waals surface area contributed by atoms with Gasteiger partial charge >= 0.3 is 5.97 Å². The van der Waals surface area contributed by atoms with E-state index in [-0.39, 0.29) is 17.9 Å². The van der Waals surface area contributed by atoms with E-state index in [0.717, 1.165) is 10.8 Å². The monoisotopic (exact) mass is 292 g/mol. The Morgan fingerprint density at radius 3 is 2.41 bits per heavy atom. The summed E-state index contributed by atoms with van der Waals surface area (Å²) in [6.07, 6.45) is 3.62. The quantitative estimate of drug-likeness (QED) is 0.594. The van der Waals surface area contributed by atoms with Gasteiger partial charge in [0.2, 0.25) is 12.3 Å². The molecule has 1 aromatic heterocycles. The molecule has 0 amide bonds. The van der Waals surface area contributed by atoms with Crippen molar-refractivity contribution in [3.8, 4) is 0 Å². The molecule has 3 aromatic rings. The van der Waals surface area contributed by atoms with E-state index in [2.05, 4.69) is 0 Å². The van der Waals surface area contributed by atoms with E-state index < -0.39 is 5.97 Å². The minimum atomic E-state index is -0.960. The minimum absolute atomic E-state index is 0.0133. The molecule has 1 heterocycles. The Balaban J connectivity index is 1.91. The number of rotatable bonds is 4. The van der Waals surface area contributed by atoms with E-state index in [1.807, 2.05) is 30.5 Å². The van der Waals surface area contributed by atoms with Crippen molar-refractivity contribution in [2.45, 2.75) is 6.54 Å². The number of carbonyl (C=O) groups is 2. The molecule has 0 aliphatic carbocycles. The molecule has 0 aliphatic heterocycles. The molecule has 0 fully saturated rings. The van der Waals surface area contributed by atoms with Crippen molar-refractivity contribution in [3.05, 3.63) is 78.1 Å². The molecule has 0 aliphatic rings. The average Bonchev–Trinajstić information content (AvgIpc) is 2.55. The van der Waals surface area contributed by atoms with Crippen LogP contribution in [0, 0.1) is 0 Å². The zero-order valence-corrected chi connectivity index (χ0v) is 11.8. The van der Waals surface area contributed by atoms with Crippen LogP contribution in [0.5, 0.6) is 0 Å². The van der Waals surface area contributed by atoms with Gasteiger partial charge in [0, 0.05) is 17.0 Å². The van der Waals surface area contributed by atoms with E-state index in [9.17, 15) is 9.59 Å². The van der Waals surface area contributed by atoms with Crippen LogP contribution in [0.2, 0.25) is 0 Å². The van der Waals surface area contributed by atoms with Crippen LogP contribution in [0.1, 0.15) is 20.7 Å². The highest BCUT2D eigenvalue weighted by Gasteiger charge is 2.13. The third kappa shape index (κ3) is 2.86. The Labute approximate surface area is 127 Å². The summed E-state index contributed by atoms with van der Waals surface area (Å²) in [7, 11) is 0. The number of nitrogens with zero attached hydrogens (tertiary/aromatic N) is 1. The van der Waals surface area contributed by atoms with Crippen molar-refractivity contribution in [1.82, 2.24) is 0 Å². The van der Waals surface area contributed by atoms with Gasteiger partial charge in [-0.3, -0.25) is 4.79 Å². The third-order valence-electron chi connectivity index (χ3n) is 3.51. The number of hydrogen-bond donors (Lipinski definition) is 1. The lowest BCUT2D eigenvalue weighted by molar-refractivity contribution is -0.681. The van der Waals surface area contributed by atoms with Gasteiger partial charge in [0.1, 0.15) is 0 Å². The highest BCUT2D eigenvalue weighted by molar-refractivity contribution is 5.95. The smallest absolute Gasteiger partial charge is 0.335 e. The van der Waals surface area contributed by atoms with E-state index in [0.29, 0.717) is 5.56 Å². The number of aromatic carboxylic acids is 1. The fraction of sp³-hybridized carbons (Fsp3) is 0.0556. The number of carboxylic acids is 1. The number of Topliss-reactive ketones (excluding diaryl/α,β-unsaturated/α-hetero) is 1. The first-order valence-electron chi connectivity index (χ1n) is 6.88. The fourth-order valence-corrected chi connectivity index (χ4v) is 2.35. The fourth-order valence-electron chi connectivity index (χ4n) is 2.35. The van der Waals surface area contributed by atoms with Crippen molar-refractivity contribution in [2.75, 3.05) is 0 Å². The van der Waals surface area contributed by atoms with E-state index in [1.54, 1.807) is 41.1 Å². The van der Waals surface area contributed by atoms with Gasteiger partial charge in [-0.2, -0.15) is 4.57 Å². The second-order valence-electron chi connectivity index (χ2n) is 5.06. The maximum absolute atomic E-state index is 12.2. The van der Waals surface area contributed by atoms with Gasteiger partial charge in [0.05, 0.1) is 5.56 Å². The van der Waals surface area contributed by atoms with Crippen molar-refractivity contribution in [3.63, 3.8) is 0 Å². The van der Waals surface area contributed by atoms with E-state index in [4.69, 9.17) is 5.11 Å². The van der Waals surface area contributed by atoms with Crippen LogP contribution in [0.15, 0.2) is 67.0 Å². The number of carboxylic acid groups (broad SMARTS) is 1. The van der Waals surface area contributed by atoms with Gasteiger partial charge in [-0.1, -0.05) is 36.4 Å². The summed E-state index contributed by atoms with van der Waals surface area (Å²) >= 11 is 0. The summed E-state index contributed by atoms with van der Waals surface area (Å²) in [4.78, 5) is 23.2. The van der Waals surface area contributed by atoms with Crippen LogP contribution in [0.3, 0.4) is 0 Å². The molecule has 22 heavy (non-hydrogen) atoms. The Hall–Kier alpha value is -3.01. The third-order valence-corrected chi connectivity index (χ3v) is 3.51. The first-order chi connectivity index (χ1) is 10.6. The summed E-state index contributed by atoms with van der Waals surface area (Å²) in [5.41, 5.74) is 0.897. The zero-order chi connectivity index (χ0) is 15.5. The standard InChI is InChI=1S/C18H13NO3/c20-17(14-4-2-1-3-5-14)12-19-9-8-13-6-7-15(18(21)22)10-16(13)11-19/h1-11H,12H2/p+1. The number of carbonyl (C=O) groups excluding carboxylic acids is 1. The Bertz CT molecular complexity index is 857. The minimum Gasteiger partial charge on any atom is -0.478 e. The zero-order valence-electron chi connectivity index (χ0n) is 11.8. The molecule has 3 rings (SSSR count). The van der Waals surface area contributed by atoms with Crippen molar-refractivity contribution in [1.29, 1.82) is 0 Å². The number of aromatic nitrogens is 1. The Morgan fingerprint density at radius 1 is 0.909 bits per heavy atom. The number of benzene rings is 2. The molecule has 0 saturated heterocycles. The number of hydrogen-bond acceptors (Lipinski definition) is 2. The molecule has 0 atom stereocenters. The molecule has 0 saturated carbocycles. The first kappa shape index (κ1) is 13.9. The molecule has 4 nitrogen and oxygen atoms in total. The lowest BCUT2D eigenvalue weighted by Gasteiger charge is -2.01. The predicted molar refractivity (Wildman–Crippen MR) is 81.9 cm³/mol. The lowest BCUT2D eigenvalue weighted by Crippen LogP contribution is -2.37. The highest BCUT2D eigenvalue weighted by atomic mass is 16.4. The van der Waals surface area contributed by atoms with E-state index >= 15 is 0 Å². The molecule has 1 N–H and O–H groups in total. The molecule has 0 unspecified atom stereocenters. The predicted octanol–water partition coefficient (Wildman–Crippen LogP) is 2.71. The molecule has 2 aromatic carbocycles.